The van der Waals surface area contributed by atoms with Crippen LogP contribution in [0.15, 0.2) is 52.9 Å². The maximum absolute atomic E-state index is 11.9. The predicted molar refractivity (Wildman–Crippen MR) is 106 cm³/mol. The van der Waals surface area contributed by atoms with Crippen molar-refractivity contribution in [3.05, 3.63) is 54.1 Å². The number of fused-ring (bicyclic) bond motifs is 1. The average molecular weight is 400 g/mol. The number of ether oxygens (including phenoxy) is 1. The quantitative estimate of drug-likeness (QED) is 0.369. The molecule has 3 aromatic rings. The Labute approximate surface area is 163 Å². The molecule has 0 fully saturated rings. The van der Waals surface area contributed by atoms with Gasteiger partial charge in [0.25, 0.3) is 5.91 Å². The molecule has 0 unspecified atom stereocenters. The smallest absolute Gasteiger partial charge is 0.316 e. The number of hydrogen-bond acceptors (Lipinski definition) is 7. The van der Waals surface area contributed by atoms with Gasteiger partial charge in [-0.05, 0) is 31.2 Å². The van der Waals surface area contributed by atoms with Gasteiger partial charge in [-0.2, -0.15) is 0 Å². The van der Waals surface area contributed by atoms with Crippen LogP contribution in [0.4, 0.5) is 5.69 Å². The lowest BCUT2D eigenvalue weighted by molar-refractivity contribution is -0.144. The number of carbonyl (C=O) groups excluding carboxylic acids is 3. The summed E-state index contributed by atoms with van der Waals surface area (Å²) >= 11 is 2.79. The minimum absolute atomic E-state index is 0.0763. The van der Waals surface area contributed by atoms with Crippen LogP contribution in [0, 0.1) is 0 Å². The molecule has 2 aromatic carbocycles. The van der Waals surface area contributed by atoms with Crippen LogP contribution in [0.1, 0.15) is 17.3 Å². The molecule has 1 aromatic heterocycles. The molecule has 0 spiro atoms. The van der Waals surface area contributed by atoms with Crippen molar-refractivity contribution in [2.45, 2.75) is 11.3 Å². The summed E-state index contributed by atoms with van der Waals surface area (Å²) < 4.78 is 6.82. The lowest BCUT2D eigenvalue weighted by atomic mass is 10.1. The van der Waals surface area contributed by atoms with Crippen molar-refractivity contribution in [1.29, 1.82) is 0 Å². The van der Waals surface area contributed by atoms with Gasteiger partial charge in [-0.25, -0.2) is 4.98 Å². The number of ketones is 1. The van der Waals surface area contributed by atoms with E-state index < -0.39 is 11.9 Å². The van der Waals surface area contributed by atoms with E-state index in [2.05, 4.69) is 10.3 Å². The first-order chi connectivity index (χ1) is 13.0. The van der Waals surface area contributed by atoms with Crippen LogP contribution in [0.3, 0.4) is 0 Å². The largest absolute Gasteiger partial charge is 0.455 e. The summed E-state index contributed by atoms with van der Waals surface area (Å²) in [5.41, 5.74) is 1.87. The van der Waals surface area contributed by atoms with Crippen molar-refractivity contribution in [3.8, 4) is 0 Å². The second-order valence-electron chi connectivity index (χ2n) is 5.58. The van der Waals surface area contributed by atoms with E-state index in [-0.39, 0.29) is 18.1 Å². The maximum atomic E-state index is 11.9. The molecule has 3 rings (SSSR count). The molecule has 1 heterocycles. The Morgan fingerprint density at radius 1 is 1.15 bits per heavy atom. The Hall–Kier alpha value is -2.71. The lowest BCUT2D eigenvalue weighted by Crippen LogP contribution is -2.21. The number of benzene rings is 2. The highest BCUT2D eigenvalue weighted by Crippen LogP contribution is 2.29. The van der Waals surface area contributed by atoms with Gasteiger partial charge in [0, 0.05) is 11.3 Å². The van der Waals surface area contributed by atoms with E-state index in [1.54, 1.807) is 24.3 Å². The van der Waals surface area contributed by atoms with E-state index in [0.29, 0.717) is 11.3 Å². The number of rotatable bonds is 7. The Morgan fingerprint density at radius 2 is 1.96 bits per heavy atom. The first-order valence-electron chi connectivity index (χ1n) is 8.06. The first kappa shape index (κ1) is 19.1. The Balaban J connectivity index is 1.45. The minimum Gasteiger partial charge on any atom is -0.455 e. The number of nitrogens with one attached hydrogen (secondary N) is 1. The van der Waals surface area contributed by atoms with E-state index >= 15 is 0 Å². The van der Waals surface area contributed by atoms with Gasteiger partial charge in [0.05, 0.1) is 16.0 Å². The molecule has 0 aliphatic rings. The summed E-state index contributed by atoms with van der Waals surface area (Å²) in [6.07, 6.45) is 0. The topological polar surface area (TPSA) is 85.4 Å². The van der Waals surface area contributed by atoms with Crippen LogP contribution in [0.25, 0.3) is 10.2 Å². The number of thioether (sulfide) groups is 1. The van der Waals surface area contributed by atoms with E-state index in [1.165, 1.54) is 30.0 Å². The van der Waals surface area contributed by atoms with Crippen molar-refractivity contribution in [2.75, 3.05) is 17.7 Å². The van der Waals surface area contributed by atoms with E-state index in [4.69, 9.17) is 4.74 Å². The van der Waals surface area contributed by atoms with E-state index in [0.717, 1.165) is 14.6 Å². The number of anilines is 1. The molecule has 0 bridgehead atoms. The SMILES string of the molecule is CC(=O)c1cccc(NC(=O)COC(=O)CSc2nc3ccccc3s2)c1. The molecule has 8 heteroatoms. The lowest BCUT2D eigenvalue weighted by Gasteiger charge is -2.07. The number of Topliss-reactive ketones (excluding diaryl/α,β-unsaturated/α-hetero) is 1. The van der Waals surface area contributed by atoms with Crippen LogP contribution in [0.2, 0.25) is 0 Å². The monoisotopic (exact) mass is 400 g/mol. The second kappa shape index (κ2) is 8.79. The van der Waals surface area contributed by atoms with Gasteiger partial charge in [-0.1, -0.05) is 36.0 Å². The highest BCUT2D eigenvalue weighted by molar-refractivity contribution is 8.01. The zero-order chi connectivity index (χ0) is 19.2. The van der Waals surface area contributed by atoms with Gasteiger partial charge in [0.1, 0.15) is 0 Å². The molecule has 0 saturated carbocycles. The summed E-state index contributed by atoms with van der Waals surface area (Å²) in [5, 5.41) is 2.60. The summed E-state index contributed by atoms with van der Waals surface area (Å²) in [7, 11) is 0. The first-order valence-corrected chi connectivity index (χ1v) is 9.86. The Bertz CT molecular complexity index is 967. The average Bonchev–Trinajstić information content (AvgIpc) is 3.08. The third-order valence-corrected chi connectivity index (χ3v) is 5.66. The fourth-order valence-electron chi connectivity index (χ4n) is 2.23. The van der Waals surface area contributed by atoms with Crippen molar-refractivity contribution < 1.29 is 19.1 Å². The van der Waals surface area contributed by atoms with Crippen molar-refractivity contribution in [1.82, 2.24) is 4.98 Å². The zero-order valence-corrected chi connectivity index (χ0v) is 16.1. The molecule has 0 radical (unpaired) electrons. The number of para-hydroxylation sites is 1. The third-order valence-electron chi connectivity index (χ3n) is 3.50. The van der Waals surface area contributed by atoms with Gasteiger partial charge in [-0.3, -0.25) is 14.4 Å². The summed E-state index contributed by atoms with van der Waals surface area (Å²) in [4.78, 5) is 39.5. The number of hydrogen-bond donors (Lipinski definition) is 1. The molecule has 6 nitrogen and oxygen atoms in total. The molecule has 0 atom stereocenters. The summed E-state index contributed by atoms with van der Waals surface area (Å²) in [6.45, 7) is 1.06. The fourth-order valence-corrected chi connectivity index (χ4v) is 4.10. The van der Waals surface area contributed by atoms with Gasteiger partial charge in [0.15, 0.2) is 16.7 Å². The van der Waals surface area contributed by atoms with Crippen LogP contribution < -0.4 is 5.32 Å². The summed E-state index contributed by atoms with van der Waals surface area (Å²) in [5.74, 6) is -0.974. The summed E-state index contributed by atoms with van der Waals surface area (Å²) in [6, 6.07) is 14.3. The molecule has 0 saturated heterocycles. The van der Waals surface area contributed by atoms with Gasteiger partial charge < -0.3 is 10.1 Å². The molecule has 138 valence electrons. The molecule has 0 aliphatic heterocycles. The van der Waals surface area contributed by atoms with Crippen LogP contribution in [-0.4, -0.2) is 35.0 Å². The second-order valence-corrected chi connectivity index (χ2v) is 7.84. The number of aromatic nitrogens is 1. The van der Waals surface area contributed by atoms with Crippen LogP contribution >= 0.6 is 23.1 Å². The van der Waals surface area contributed by atoms with Crippen LogP contribution in [0.5, 0.6) is 0 Å². The maximum Gasteiger partial charge on any atom is 0.316 e. The normalized spacial score (nSPS) is 10.6. The van der Waals surface area contributed by atoms with Gasteiger partial charge in [-0.15, -0.1) is 11.3 Å². The molecular weight excluding hydrogens is 384 g/mol. The van der Waals surface area contributed by atoms with E-state index in [9.17, 15) is 14.4 Å². The van der Waals surface area contributed by atoms with E-state index in [1.807, 2.05) is 24.3 Å². The molecule has 0 aliphatic carbocycles. The van der Waals surface area contributed by atoms with Crippen molar-refractivity contribution in [2.24, 2.45) is 0 Å². The van der Waals surface area contributed by atoms with Gasteiger partial charge in [0.2, 0.25) is 0 Å². The minimum atomic E-state index is -0.494. The molecule has 1 amide bonds. The third kappa shape index (κ3) is 5.38. The molecule has 1 N–H and O–H groups in total. The Kier molecular flexibility index (Phi) is 6.20. The predicted octanol–water partition coefficient (Wildman–Crippen LogP) is 3.77. The molecular formula is C19H16N2O4S2. The fraction of sp³-hybridized carbons (Fsp3) is 0.158. The number of esters is 1. The Morgan fingerprint density at radius 3 is 2.74 bits per heavy atom. The van der Waals surface area contributed by atoms with Gasteiger partial charge >= 0.3 is 5.97 Å². The molecule has 27 heavy (non-hydrogen) atoms. The standard InChI is InChI=1S/C19H16N2O4S2/c1-12(22)13-5-4-6-14(9-13)20-17(23)10-25-18(24)11-26-19-21-15-7-2-3-8-16(15)27-19/h2-9H,10-11H2,1H3,(H,20,23). The number of thiazole rings is 1. The highest BCUT2D eigenvalue weighted by Gasteiger charge is 2.11. The van der Waals surface area contributed by atoms with Crippen LogP contribution in [-0.2, 0) is 14.3 Å². The van der Waals surface area contributed by atoms with Crippen molar-refractivity contribution >= 4 is 56.7 Å². The number of carbonyl (C=O) groups is 3. The zero-order valence-electron chi connectivity index (χ0n) is 14.4. The number of amides is 1. The number of nitrogens with zero attached hydrogens (tertiary/aromatic N) is 1. The van der Waals surface area contributed by atoms with Crippen molar-refractivity contribution in [3.63, 3.8) is 0 Å². The highest BCUT2D eigenvalue weighted by atomic mass is 32.2.